The number of halogens is 3. The molecule has 0 bridgehead atoms. The normalized spacial score (nSPS) is 10.3. The fraction of sp³-hybridized carbons (Fsp3) is 0. The molecule has 0 fully saturated rings. The lowest BCUT2D eigenvalue weighted by Gasteiger charge is -2.07. The zero-order valence-electron chi connectivity index (χ0n) is 9.45. The number of nitrogens with two attached hydrogens (primary N) is 1. The number of anilines is 2. The maximum Gasteiger partial charge on any atom is 0.257 e. The summed E-state index contributed by atoms with van der Waals surface area (Å²) in [4.78, 5) is 15.5. The number of amides is 1. The first-order valence-electron chi connectivity index (χ1n) is 5.15. The molecule has 1 amide bonds. The van der Waals surface area contributed by atoms with Gasteiger partial charge in [-0.15, -0.1) is 0 Å². The standard InChI is InChI=1S/C12H8BrF2N3O/c13-7-3-9(15)10(4-8(7)14)18-12(19)6-1-2-11(16)17-5-6/h1-5H,(H2,16,17)(H,18,19). The van der Waals surface area contributed by atoms with Gasteiger partial charge in [0, 0.05) is 12.3 Å². The first kappa shape index (κ1) is 13.4. The van der Waals surface area contributed by atoms with E-state index in [2.05, 4.69) is 26.2 Å². The summed E-state index contributed by atoms with van der Waals surface area (Å²) < 4.78 is 26.8. The molecule has 0 spiro atoms. The van der Waals surface area contributed by atoms with Crippen LogP contribution in [-0.2, 0) is 0 Å². The maximum absolute atomic E-state index is 13.5. The average Bonchev–Trinajstić information content (AvgIpc) is 2.36. The van der Waals surface area contributed by atoms with Crippen molar-refractivity contribution in [1.29, 1.82) is 0 Å². The van der Waals surface area contributed by atoms with Crippen molar-refractivity contribution in [1.82, 2.24) is 4.98 Å². The number of benzene rings is 1. The monoisotopic (exact) mass is 327 g/mol. The van der Waals surface area contributed by atoms with E-state index in [0.29, 0.717) is 0 Å². The Morgan fingerprint density at radius 1 is 1.26 bits per heavy atom. The molecule has 98 valence electrons. The highest BCUT2D eigenvalue weighted by Gasteiger charge is 2.12. The van der Waals surface area contributed by atoms with E-state index < -0.39 is 17.5 Å². The molecule has 0 aliphatic heterocycles. The smallest absolute Gasteiger partial charge is 0.257 e. The summed E-state index contributed by atoms with van der Waals surface area (Å²) >= 11 is 2.85. The summed E-state index contributed by atoms with van der Waals surface area (Å²) in [5, 5.41) is 2.26. The Labute approximate surface area is 115 Å². The van der Waals surface area contributed by atoms with Gasteiger partial charge < -0.3 is 11.1 Å². The zero-order chi connectivity index (χ0) is 14.0. The fourth-order valence-corrected chi connectivity index (χ4v) is 1.67. The Morgan fingerprint density at radius 2 is 2.00 bits per heavy atom. The van der Waals surface area contributed by atoms with Crippen molar-refractivity contribution < 1.29 is 13.6 Å². The summed E-state index contributed by atoms with van der Waals surface area (Å²) in [6.45, 7) is 0. The molecule has 0 saturated heterocycles. The number of carbonyl (C=O) groups is 1. The third-order valence-electron chi connectivity index (χ3n) is 2.31. The fourth-order valence-electron chi connectivity index (χ4n) is 1.35. The van der Waals surface area contributed by atoms with Gasteiger partial charge in [-0.1, -0.05) is 0 Å². The lowest BCUT2D eigenvalue weighted by Crippen LogP contribution is -2.13. The van der Waals surface area contributed by atoms with E-state index in [0.717, 1.165) is 12.1 Å². The molecule has 19 heavy (non-hydrogen) atoms. The molecule has 2 aromatic rings. The molecule has 0 unspecified atom stereocenters. The highest BCUT2D eigenvalue weighted by Crippen LogP contribution is 2.23. The van der Waals surface area contributed by atoms with E-state index in [4.69, 9.17) is 5.73 Å². The second-order valence-electron chi connectivity index (χ2n) is 3.67. The van der Waals surface area contributed by atoms with Crippen LogP contribution in [0.15, 0.2) is 34.9 Å². The quantitative estimate of drug-likeness (QED) is 0.833. The molecule has 0 radical (unpaired) electrons. The van der Waals surface area contributed by atoms with Gasteiger partial charge in [-0.05, 0) is 34.1 Å². The van der Waals surface area contributed by atoms with Gasteiger partial charge in [0.05, 0.1) is 15.7 Å². The molecule has 3 N–H and O–H groups in total. The number of pyridine rings is 1. The van der Waals surface area contributed by atoms with Crippen molar-refractivity contribution in [2.45, 2.75) is 0 Å². The van der Waals surface area contributed by atoms with Gasteiger partial charge in [-0.2, -0.15) is 0 Å². The number of nitrogen functional groups attached to an aromatic ring is 1. The average molecular weight is 328 g/mol. The van der Waals surface area contributed by atoms with Crippen molar-refractivity contribution in [3.63, 3.8) is 0 Å². The first-order chi connectivity index (χ1) is 8.97. The number of hydrogen-bond donors (Lipinski definition) is 2. The number of hydrogen-bond acceptors (Lipinski definition) is 3. The largest absolute Gasteiger partial charge is 0.384 e. The Morgan fingerprint density at radius 3 is 2.63 bits per heavy atom. The summed E-state index contributed by atoms with van der Waals surface area (Å²) in [6, 6.07) is 4.70. The zero-order valence-corrected chi connectivity index (χ0v) is 11.0. The van der Waals surface area contributed by atoms with E-state index in [1.165, 1.54) is 18.3 Å². The van der Waals surface area contributed by atoms with Crippen LogP contribution in [-0.4, -0.2) is 10.9 Å². The minimum absolute atomic E-state index is 0.0165. The van der Waals surface area contributed by atoms with Gasteiger partial charge in [0.1, 0.15) is 17.5 Å². The van der Waals surface area contributed by atoms with Crippen molar-refractivity contribution in [3.05, 3.63) is 52.1 Å². The molecule has 1 heterocycles. The molecule has 0 saturated carbocycles. The van der Waals surface area contributed by atoms with Crippen LogP contribution in [0.1, 0.15) is 10.4 Å². The van der Waals surface area contributed by atoms with Gasteiger partial charge in [-0.3, -0.25) is 4.79 Å². The topological polar surface area (TPSA) is 68.0 Å². The second kappa shape index (κ2) is 5.31. The van der Waals surface area contributed by atoms with E-state index in [1.807, 2.05) is 0 Å². The molecule has 4 nitrogen and oxygen atoms in total. The van der Waals surface area contributed by atoms with Crippen LogP contribution in [0.3, 0.4) is 0 Å². The summed E-state index contributed by atoms with van der Waals surface area (Å²) in [6.07, 6.45) is 1.25. The molecule has 1 aromatic carbocycles. The van der Waals surface area contributed by atoms with Gasteiger partial charge in [0.25, 0.3) is 5.91 Å². The SMILES string of the molecule is Nc1ccc(C(=O)Nc2cc(F)c(Br)cc2F)cn1. The third-order valence-corrected chi connectivity index (χ3v) is 2.91. The minimum Gasteiger partial charge on any atom is -0.384 e. The molecular weight excluding hydrogens is 320 g/mol. The maximum atomic E-state index is 13.5. The molecular formula is C12H8BrF2N3O. The van der Waals surface area contributed by atoms with Crippen molar-refractivity contribution in [2.75, 3.05) is 11.1 Å². The predicted molar refractivity (Wildman–Crippen MR) is 70.7 cm³/mol. The second-order valence-corrected chi connectivity index (χ2v) is 4.53. The number of nitrogens with one attached hydrogen (secondary N) is 1. The number of aromatic nitrogens is 1. The lowest BCUT2D eigenvalue weighted by molar-refractivity contribution is 0.102. The van der Waals surface area contributed by atoms with Crippen LogP contribution in [0.4, 0.5) is 20.3 Å². The van der Waals surface area contributed by atoms with Crippen LogP contribution in [0.5, 0.6) is 0 Å². The summed E-state index contributed by atoms with van der Waals surface area (Å²) in [7, 11) is 0. The van der Waals surface area contributed by atoms with Crippen LogP contribution in [0, 0.1) is 11.6 Å². The molecule has 0 aliphatic rings. The van der Waals surface area contributed by atoms with Crippen LogP contribution < -0.4 is 11.1 Å². The van der Waals surface area contributed by atoms with Gasteiger partial charge in [0.15, 0.2) is 0 Å². The van der Waals surface area contributed by atoms with Crippen molar-refractivity contribution in [2.24, 2.45) is 0 Å². The van der Waals surface area contributed by atoms with E-state index in [1.54, 1.807) is 0 Å². The van der Waals surface area contributed by atoms with Crippen molar-refractivity contribution in [3.8, 4) is 0 Å². The van der Waals surface area contributed by atoms with Gasteiger partial charge in [-0.25, -0.2) is 13.8 Å². The number of nitrogens with zero attached hydrogens (tertiary/aromatic N) is 1. The van der Waals surface area contributed by atoms with Crippen LogP contribution >= 0.6 is 15.9 Å². The first-order valence-corrected chi connectivity index (χ1v) is 5.94. The van der Waals surface area contributed by atoms with Crippen molar-refractivity contribution >= 4 is 33.3 Å². The number of carbonyl (C=O) groups excluding carboxylic acids is 1. The molecule has 1 aromatic heterocycles. The Hall–Kier alpha value is -2.02. The van der Waals surface area contributed by atoms with E-state index in [-0.39, 0.29) is 21.5 Å². The highest BCUT2D eigenvalue weighted by atomic mass is 79.9. The Bertz CT molecular complexity index is 632. The van der Waals surface area contributed by atoms with E-state index >= 15 is 0 Å². The number of rotatable bonds is 2. The molecule has 2 rings (SSSR count). The van der Waals surface area contributed by atoms with Crippen LogP contribution in [0.2, 0.25) is 0 Å². The molecule has 7 heteroatoms. The van der Waals surface area contributed by atoms with E-state index in [9.17, 15) is 13.6 Å². The minimum atomic E-state index is -0.745. The van der Waals surface area contributed by atoms with Gasteiger partial charge in [0.2, 0.25) is 0 Å². The molecule has 0 atom stereocenters. The third kappa shape index (κ3) is 3.05. The Kier molecular flexibility index (Phi) is 3.75. The predicted octanol–water partition coefficient (Wildman–Crippen LogP) is 2.96. The van der Waals surface area contributed by atoms with Gasteiger partial charge >= 0.3 is 0 Å². The summed E-state index contributed by atoms with van der Waals surface area (Å²) in [5.74, 6) is -1.76. The Balaban J connectivity index is 2.24. The highest BCUT2D eigenvalue weighted by molar-refractivity contribution is 9.10. The van der Waals surface area contributed by atoms with Crippen LogP contribution in [0.25, 0.3) is 0 Å². The lowest BCUT2D eigenvalue weighted by atomic mass is 10.2. The molecule has 0 aliphatic carbocycles. The summed E-state index contributed by atoms with van der Waals surface area (Å²) in [5.41, 5.74) is 5.33.